The summed E-state index contributed by atoms with van der Waals surface area (Å²) in [4.78, 5) is 23.3. The standard InChI is InChI=1S/C17H26N4O4S/c1-3-18-17(23)20-16(22)12-19-14-8-7-13(2)15(11-14)26(24,25)21-9-5-4-6-10-21/h7-8,11,19H,3-6,9-10,12H2,1-2H3,(H2,18,20,22,23). The van der Waals surface area contributed by atoms with E-state index < -0.39 is 22.0 Å². The molecule has 1 aliphatic heterocycles. The van der Waals surface area contributed by atoms with E-state index in [4.69, 9.17) is 0 Å². The van der Waals surface area contributed by atoms with Crippen LogP contribution in [0.25, 0.3) is 0 Å². The molecule has 3 N–H and O–H groups in total. The van der Waals surface area contributed by atoms with Crippen LogP contribution < -0.4 is 16.0 Å². The van der Waals surface area contributed by atoms with Crippen LogP contribution in [-0.4, -0.2) is 50.8 Å². The van der Waals surface area contributed by atoms with Gasteiger partial charge in [-0.3, -0.25) is 10.1 Å². The molecule has 0 unspecified atom stereocenters. The average Bonchev–Trinajstić information content (AvgIpc) is 2.61. The highest BCUT2D eigenvalue weighted by molar-refractivity contribution is 7.89. The maximum atomic E-state index is 12.9. The molecular formula is C17H26N4O4S. The van der Waals surface area contributed by atoms with Gasteiger partial charge in [-0.25, -0.2) is 13.2 Å². The van der Waals surface area contributed by atoms with Crippen LogP contribution in [0.1, 0.15) is 31.7 Å². The maximum Gasteiger partial charge on any atom is 0.321 e. The summed E-state index contributed by atoms with van der Waals surface area (Å²) in [5.74, 6) is -0.503. The summed E-state index contributed by atoms with van der Waals surface area (Å²) in [6.07, 6.45) is 2.79. The number of imide groups is 1. The lowest BCUT2D eigenvalue weighted by molar-refractivity contribution is -0.118. The van der Waals surface area contributed by atoms with E-state index >= 15 is 0 Å². The highest BCUT2D eigenvalue weighted by Gasteiger charge is 2.27. The minimum atomic E-state index is -3.55. The number of benzene rings is 1. The summed E-state index contributed by atoms with van der Waals surface area (Å²) < 4.78 is 27.3. The number of sulfonamides is 1. The third-order valence-electron chi connectivity index (χ3n) is 4.16. The molecule has 8 nitrogen and oxygen atoms in total. The van der Waals surface area contributed by atoms with Crippen molar-refractivity contribution in [3.8, 4) is 0 Å². The van der Waals surface area contributed by atoms with Crippen LogP contribution in [0.4, 0.5) is 10.5 Å². The lowest BCUT2D eigenvalue weighted by Crippen LogP contribution is -2.41. The Hall–Kier alpha value is -2.13. The van der Waals surface area contributed by atoms with E-state index in [1.807, 2.05) is 0 Å². The monoisotopic (exact) mass is 382 g/mol. The van der Waals surface area contributed by atoms with Gasteiger partial charge >= 0.3 is 6.03 Å². The van der Waals surface area contributed by atoms with Crippen molar-refractivity contribution in [2.24, 2.45) is 0 Å². The van der Waals surface area contributed by atoms with Gasteiger partial charge in [-0.15, -0.1) is 0 Å². The first-order valence-electron chi connectivity index (χ1n) is 8.77. The molecule has 9 heteroatoms. The van der Waals surface area contributed by atoms with Crippen LogP contribution in [0.2, 0.25) is 0 Å². The summed E-state index contributed by atoms with van der Waals surface area (Å²) >= 11 is 0. The van der Waals surface area contributed by atoms with Crippen LogP contribution in [0.15, 0.2) is 23.1 Å². The van der Waals surface area contributed by atoms with Gasteiger partial charge in [0.2, 0.25) is 15.9 Å². The van der Waals surface area contributed by atoms with E-state index in [-0.39, 0.29) is 11.4 Å². The molecule has 1 heterocycles. The number of urea groups is 1. The number of rotatable bonds is 6. The Kier molecular flexibility index (Phi) is 6.98. The normalized spacial score (nSPS) is 15.3. The van der Waals surface area contributed by atoms with Crippen LogP contribution in [0.3, 0.4) is 0 Å². The highest BCUT2D eigenvalue weighted by Crippen LogP contribution is 2.25. The first-order valence-corrected chi connectivity index (χ1v) is 10.2. The molecule has 0 radical (unpaired) electrons. The number of aryl methyl sites for hydroxylation is 1. The fraction of sp³-hybridized carbons (Fsp3) is 0.529. The molecule has 2 rings (SSSR count). The molecule has 1 aromatic carbocycles. The Bertz CT molecular complexity index is 758. The zero-order valence-corrected chi connectivity index (χ0v) is 16.0. The molecule has 3 amide bonds. The fourth-order valence-corrected chi connectivity index (χ4v) is 4.56. The van der Waals surface area contributed by atoms with Gasteiger partial charge in [0, 0.05) is 25.3 Å². The van der Waals surface area contributed by atoms with Gasteiger partial charge in [0.05, 0.1) is 11.4 Å². The van der Waals surface area contributed by atoms with Crippen LogP contribution in [0.5, 0.6) is 0 Å². The third kappa shape index (κ3) is 5.18. The minimum absolute atomic E-state index is 0.136. The molecule has 1 aliphatic rings. The molecule has 0 atom stereocenters. The maximum absolute atomic E-state index is 12.9. The van der Waals surface area contributed by atoms with Crippen molar-refractivity contribution in [1.29, 1.82) is 0 Å². The Balaban J connectivity index is 2.07. The van der Waals surface area contributed by atoms with E-state index in [0.29, 0.717) is 30.9 Å². The number of amides is 3. The second-order valence-electron chi connectivity index (χ2n) is 6.21. The summed E-state index contributed by atoms with van der Waals surface area (Å²) in [7, 11) is -3.55. The van der Waals surface area contributed by atoms with Crippen LogP contribution in [0, 0.1) is 6.92 Å². The SMILES string of the molecule is CCNC(=O)NC(=O)CNc1ccc(C)c(S(=O)(=O)N2CCCCC2)c1. The van der Waals surface area contributed by atoms with Gasteiger partial charge in [-0.2, -0.15) is 4.31 Å². The van der Waals surface area contributed by atoms with E-state index in [9.17, 15) is 18.0 Å². The molecule has 0 bridgehead atoms. The molecular weight excluding hydrogens is 356 g/mol. The molecule has 1 saturated heterocycles. The summed E-state index contributed by atoms with van der Waals surface area (Å²) in [5.41, 5.74) is 1.17. The molecule has 0 saturated carbocycles. The molecule has 0 aliphatic carbocycles. The predicted octanol–water partition coefficient (Wildman–Crippen LogP) is 1.43. The number of carbonyl (C=O) groups excluding carboxylic acids is 2. The van der Waals surface area contributed by atoms with Crippen molar-refractivity contribution in [1.82, 2.24) is 14.9 Å². The van der Waals surface area contributed by atoms with Gasteiger partial charge < -0.3 is 10.6 Å². The van der Waals surface area contributed by atoms with Crippen molar-refractivity contribution in [3.63, 3.8) is 0 Å². The molecule has 144 valence electrons. The van der Waals surface area contributed by atoms with Gasteiger partial charge in [-0.05, 0) is 44.4 Å². The zero-order chi connectivity index (χ0) is 19.2. The van der Waals surface area contributed by atoms with Crippen molar-refractivity contribution in [3.05, 3.63) is 23.8 Å². The Morgan fingerprint density at radius 3 is 2.50 bits per heavy atom. The highest BCUT2D eigenvalue weighted by atomic mass is 32.2. The quantitative estimate of drug-likeness (QED) is 0.690. The van der Waals surface area contributed by atoms with Crippen LogP contribution >= 0.6 is 0 Å². The van der Waals surface area contributed by atoms with E-state index in [1.54, 1.807) is 32.0 Å². The minimum Gasteiger partial charge on any atom is -0.376 e. The number of hydrogen-bond acceptors (Lipinski definition) is 5. The Morgan fingerprint density at radius 2 is 1.85 bits per heavy atom. The lowest BCUT2D eigenvalue weighted by Gasteiger charge is -2.26. The lowest BCUT2D eigenvalue weighted by atomic mass is 10.2. The molecule has 1 fully saturated rings. The van der Waals surface area contributed by atoms with E-state index in [0.717, 1.165) is 19.3 Å². The largest absolute Gasteiger partial charge is 0.376 e. The van der Waals surface area contributed by atoms with Crippen molar-refractivity contribution < 1.29 is 18.0 Å². The van der Waals surface area contributed by atoms with Gasteiger partial charge in [0.25, 0.3) is 0 Å². The number of nitrogens with zero attached hydrogens (tertiary/aromatic N) is 1. The van der Waals surface area contributed by atoms with Gasteiger partial charge in [-0.1, -0.05) is 12.5 Å². The molecule has 1 aromatic rings. The first kappa shape index (κ1) is 20.2. The predicted molar refractivity (Wildman–Crippen MR) is 99.5 cm³/mol. The zero-order valence-electron chi connectivity index (χ0n) is 15.2. The number of piperidine rings is 1. The first-order chi connectivity index (χ1) is 12.3. The van der Waals surface area contributed by atoms with Crippen molar-refractivity contribution in [2.45, 2.75) is 38.0 Å². The van der Waals surface area contributed by atoms with Gasteiger partial charge in [0.15, 0.2) is 0 Å². The van der Waals surface area contributed by atoms with Crippen molar-refractivity contribution >= 4 is 27.6 Å². The summed E-state index contributed by atoms with van der Waals surface area (Å²) in [6.45, 7) is 4.86. The Labute approximate surface area is 154 Å². The molecule has 0 aromatic heterocycles. The summed E-state index contributed by atoms with van der Waals surface area (Å²) in [5, 5.41) is 7.50. The number of carbonyl (C=O) groups is 2. The van der Waals surface area contributed by atoms with Crippen molar-refractivity contribution in [2.75, 3.05) is 31.5 Å². The second kappa shape index (κ2) is 9.00. The van der Waals surface area contributed by atoms with E-state index in [1.165, 1.54) is 4.31 Å². The van der Waals surface area contributed by atoms with Crippen LogP contribution in [-0.2, 0) is 14.8 Å². The summed E-state index contributed by atoms with van der Waals surface area (Å²) in [6, 6.07) is 4.40. The number of anilines is 1. The molecule has 0 spiro atoms. The molecule has 26 heavy (non-hydrogen) atoms. The number of hydrogen-bond donors (Lipinski definition) is 3. The Morgan fingerprint density at radius 1 is 1.15 bits per heavy atom. The fourth-order valence-electron chi connectivity index (χ4n) is 2.79. The smallest absolute Gasteiger partial charge is 0.321 e. The topological polar surface area (TPSA) is 108 Å². The third-order valence-corrected chi connectivity index (χ3v) is 6.20. The second-order valence-corrected chi connectivity index (χ2v) is 8.11. The van der Waals surface area contributed by atoms with Gasteiger partial charge in [0.1, 0.15) is 0 Å². The average molecular weight is 382 g/mol. The van der Waals surface area contributed by atoms with E-state index in [2.05, 4.69) is 16.0 Å². The number of nitrogens with one attached hydrogen (secondary N) is 3.